The molecule has 4 atom stereocenters. The van der Waals surface area contributed by atoms with E-state index in [0.29, 0.717) is 18.8 Å². The van der Waals surface area contributed by atoms with Gasteiger partial charge in [-0.15, -0.1) is 11.8 Å². The molecule has 2 rings (SSSR count). The van der Waals surface area contributed by atoms with Gasteiger partial charge >= 0.3 is 5.97 Å². The van der Waals surface area contributed by atoms with E-state index in [4.69, 9.17) is 4.74 Å². The van der Waals surface area contributed by atoms with Gasteiger partial charge in [0.25, 0.3) is 0 Å². The second-order valence-electron chi connectivity index (χ2n) is 7.50. The van der Waals surface area contributed by atoms with Crippen LogP contribution in [-0.4, -0.2) is 70.9 Å². The fourth-order valence-electron chi connectivity index (χ4n) is 3.47. The maximum Gasteiger partial charge on any atom is 0.315 e. The Kier molecular flexibility index (Phi) is 11.7. The number of benzene rings is 1. The number of Topliss-reactive ketones (excluding diaryl/α,β-unsaturated/α-hetero) is 1. The van der Waals surface area contributed by atoms with Crippen LogP contribution in [0.15, 0.2) is 36.4 Å². The van der Waals surface area contributed by atoms with Crippen molar-refractivity contribution in [3.63, 3.8) is 0 Å². The molecule has 1 aliphatic rings. The van der Waals surface area contributed by atoms with Crippen molar-refractivity contribution >= 4 is 35.3 Å². The predicted octanol–water partition coefficient (Wildman–Crippen LogP) is 2.64. The first-order valence-corrected chi connectivity index (χ1v) is 12.5. The van der Waals surface area contributed by atoms with E-state index in [-0.39, 0.29) is 29.3 Å². The Morgan fingerprint density at radius 2 is 2.06 bits per heavy atom. The zero-order chi connectivity index (χ0) is 22.6. The SMILES string of the molecule is COCc1cccc(C[C@H](O)/C=C/[C@H]2[C@H](O)CC(=O)[C@H]2SCCCSCC(=O)OC)c1. The molecule has 1 aliphatic carbocycles. The van der Waals surface area contributed by atoms with E-state index in [2.05, 4.69) is 4.74 Å². The molecular formula is C23H32O6S2. The Morgan fingerprint density at radius 1 is 1.29 bits per heavy atom. The summed E-state index contributed by atoms with van der Waals surface area (Å²) in [5, 5.41) is 20.5. The molecule has 172 valence electrons. The fraction of sp³-hybridized carbons (Fsp3) is 0.565. The van der Waals surface area contributed by atoms with Gasteiger partial charge in [-0.1, -0.05) is 36.4 Å². The number of esters is 1. The van der Waals surface area contributed by atoms with Crippen LogP contribution in [0.2, 0.25) is 0 Å². The number of aliphatic hydroxyl groups is 2. The number of thioether (sulfide) groups is 2. The molecule has 0 saturated heterocycles. The van der Waals surface area contributed by atoms with E-state index in [1.807, 2.05) is 24.3 Å². The molecule has 0 unspecified atom stereocenters. The van der Waals surface area contributed by atoms with Gasteiger partial charge in [0.2, 0.25) is 0 Å². The van der Waals surface area contributed by atoms with Gasteiger partial charge in [0.1, 0.15) is 5.78 Å². The van der Waals surface area contributed by atoms with Crippen LogP contribution < -0.4 is 0 Å². The average Bonchev–Trinajstić information content (AvgIpc) is 3.01. The number of hydrogen-bond acceptors (Lipinski definition) is 8. The van der Waals surface area contributed by atoms with Crippen LogP contribution in [0, 0.1) is 5.92 Å². The smallest absolute Gasteiger partial charge is 0.315 e. The van der Waals surface area contributed by atoms with Gasteiger partial charge in [-0.3, -0.25) is 9.59 Å². The zero-order valence-corrected chi connectivity index (χ0v) is 19.7. The van der Waals surface area contributed by atoms with Gasteiger partial charge in [0.15, 0.2) is 0 Å². The summed E-state index contributed by atoms with van der Waals surface area (Å²) < 4.78 is 9.75. The maximum absolute atomic E-state index is 12.3. The Labute approximate surface area is 192 Å². The minimum absolute atomic E-state index is 0.0520. The summed E-state index contributed by atoms with van der Waals surface area (Å²) in [6.45, 7) is 0.524. The third-order valence-corrected chi connectivity index (χ3v) is 7.48. The molecule has 1 aromatic rings. The first-order chi connectivity index (χ1) is 14.9. The quantitative estimate of drug-likeness (QED) is 0.259. The number of methoxy groups -OCH3 is 2. The summed E-state index contributed by atoms with van der Waals surface area (Å²) in [5.41, 5.74) is 2.05. The second kappa shape index (κ2) is 14.0. The topological polar surface area (TPSA) is 93.1 Å². The van der Waals surface area contributed by atoms with Crippen LogP contribution in [0.5, 0.6) is 0 Å². The molecule has 0 bridgehead atoms. The molecule has 0 aromatic heterocycles. The molecule has 0 spiro atoms. The molecule has 31 heavy (non-hydrogen) atoms. The third-order valence-electron chi connectivity index (χ3n) is 5.00. The molecule has 0 radical (unpaired) electrons. The number of ether oxygens (including phenoxy) is 2. The highest BCUT2D eigenvalue weighted by Gasteiger charge is 2.40. The highest BCUT2D eigenvalue weighted by Crippen LogP contribution is 2.34. The molecule has 0 aliphatic heterocycles. The lowest BCUT2D eigenvalue weighted by molar-refractivity contribution is -0.137. The van der Waals surface area contributed by atoms with Gasteiger partial charge in [0.05, 0.1) is 36.9 Å². The molecular weight excluding hydrogens is 436 g/mol. The molecule has 0 heterocycles. The molecule has 6 nitrogen and oxygen atoms in total. The summed E-state index contributed by atoms with van der Waals surface area (Å²) >= 11 is 3.06. The van der Waals surface area contributed by atoms with Crippen molar-refractivity contribution in [3.05, 3.63) is 47.5 Å². The molecule has 0 amide bonds. The standard InChI is InChI=1S/C23H32O6S2/c1-28-14-17-6-3-5-16(11-17)12-18(24)7-8-19-20(25)13-21(26)23(19)31-10-4-9-30-15-22(27)29-2/h3,5-8,11,18-20,23-25H,4,9-10,12-15H2,1-2H3/b8-7+/t18-,19+,20-,23+/m1/s1. The normalized spacial score (nSPS) is 22.2. The lowest BCUT2D eigenvalue weighted by Crippen LogP contribution is -2.22. The average molecular weight is 469 g/mol. The van der Waals surface area contributed by atoms with Gasteiger partial charge < -0.3 is 19.7 Å². The van der Waals surface area contributed by atoms with Gasteiger partial charge in [0, 0.05) is 25.9 Å². The van der Waals surface area contributed by atoms with E-state index in [1.54, 1.807) is 31.0 Å². The lowest BCUT2D eigenvalue weighted by Gasteiger charge is -2.17. The summed E-state index contributed by atoms with van der Waals surface area (Å²) in [6, 6.07) is 7.88. The number of hydrogen-bond donors (Lipinski definition) is 2. The summed E-state index contributed by atoms with van der Waals surface area (Å²) in [7, 11) is 3.02. The first-order valence-electron chi connectivity index (χ1n) is 10.3. The minimum Gasteiger partial charge on any atom is -0.468 e. The van der Waals surface area contributed by atoms with Crippen molar-refractivity contribution in [3.8, 4) is 0 Å². The molecule has 1 saturated carbocycles. The van der Waals surface area contributed by atoms with Crippen molar-refractivity contribution in [2.24, 2.45) is 5.92 Å². The zero-order valence-electron chi connectivity index (χ0n) is 18.1. The van der Waals surface area contributed by atoms with Crippen molar-refractivity contribution in [1.82, 2.24) is 0 Å². The molecule has 8 heteroatoms. The second-order valence-corrected chi connectivity index (χ2v) is 9.85. The number of aliphatic hydroxyl groups excluding tert-OH is 2. The Bertz CT molecular complexity index is 739. The van der Waals surface area contributed by atoms with Crippen LogP contribution in [0.4, 0.5) is 0 Å². The monoisotopic (exact) mass is 468 g/mol. The lowest BCUT2D eigenvalue weighted by atomic mass is 10.0. The van der Waals surface area contributed by atoms with E-state index >= 15 is 0 Å². The Hall–Kier alpha value is -1.32. The Morgan fingerprint density at radius 3 is 2.81 bits per heavy atom. The number of carbonyl (C=O) groups excluding carboxylic acids is 2. The molecule has 1 aromatic carbocycles. The van der Waals surface area contributed by atoms with E-state index < -0.39 is 12.2 Å². The number of carbonyl (C=O) groups is 2. The maximum atomic E-state index is 12.3. The number of rotatable bonds is 13. The van der Waals surface area contributed by atoms with E-state index in [9.17, 15) is 19.8 Å². The third kappa shape index (κ3) is 8.98. The van der Waals surface area contributed by atoms with Crippen LogP contribution in [0.1, 0.15) is 24.0 Å². The van der Waals surface area contributed by atoms with Gasteiger partial charge in [-0.05, 0) is 29.1 Å². The molecule has 1 fully saturated rings. The van der Waals surface area contributed by atoms with Crippen LogP contribution >= 0.6 is 23.5 Å². The van der Waals surface area contributed by atoms with E-state index in [1.165, 1.54) is 18.9 Å². The van der Waals surface area contributed by atoms with Crippen molar-refractivity contribution < 1.29 is 29.3 Å². The number of ketones is 1. The van der Waals surface area contributed by atoms with Gasteiger partial charge in [-0.2, -0.15) is 11.8 Å². The highest BCUT2D eigenvalue weighted by molar-refractivity contribution is 8.01. The first kappa shape index (κ1) is 25.9. The fourth-order valence-corrected chi connectivity index (χ4v) is 5.77. The summed E-state index contributed by atoms with van der Waals surface area (Å²) in [4.78, 5) is 23.4. The van der Waals surface area contributed by atoms with Crippen LogP contribution in [0.3, 0.4) is 0 Å². The van der Waals surface area contributed by atoms with Crippen molar-refractivity contribution in [1.29, 1.82) is 0 Å². The summed E-state index contributed by atoms with van der Waals surface area (Å²) in [6.07, 6.45) is 3.55. The van der Waals surface area contributed by atoms with Crippen LogP contribution in [-0.2, 0) is 32.1 Å². The van der Waals surface area contributed by atoms with Crippen LogP contribution in [0.25, 0.3) is 0 Å². The summed E-state index contributed by atoms with van der Waals surface area (Å²) in [5.74, 6) is 1.44. The molecule has 2 N–H and O–H groups in total. The van der Waals surface area contributed by atoms with Gasteiger partial charge in [-0.25, -0.2) is 0 Å². The Balaban J connectivity index is 1.83. The largest absolute Gasteiger partial charge is 0.468 e. The predicted molar refractivity (Wildman–Crippen MR) is 125 cm³/mol. The van der Waals surface area contributed by atoms with Crippen molar-refractivity contribution in [2.75, 3.05) is 31.5 Å². The van der Waals surface area contributed by atoms with E-state index in [0.717, 1.165) is 29.1 Å². The van der Waals surface area contributed by atoms with Crippen molar-refractivity contribution in [2.45, 2.75) is 43.3 Å². The minimum atomic E-state index is -0.716. The highest BCUT2D eigenvalue weighted by atomic mass is 32.2.